The summed E-state index contributed by atoms with van der Waals surface area (Å²) in [5.41, 5.74) is 1.41. The molecule has 1 aromatic heterocycles. The number of Topliss-reactive ketones (excluding diaryl/α,β-unsaturated/α-hetero) is 1. The number of hydrogen-bond acceptors (Lipinski definition) is 4. The molecule has 1 heterocycles. The van der Waals surface area contributed by atoms with E-state index in [1.807, 2.05) is 12.1 Å². The van der Waals surface area contributed by atoms with E-state index in [9.17, 15) is 9.59 Å². The maximum Gasteiger partial charge on any atom is 0.377 e. The minimum atomic E-state index is -1.45. The first-order valence-corrected chi connectivity index (χ1v) is 7.06. The molecule has 0 amide bonds. The summed E-state index contributed by atoms with van der Waals surface area (Å²) in [6.07, 6.45) is 6.48. The van der Waals surface area contributed by atoms with Crippen molar-refractivity contribution < 1.29 is 19.4 Å². The SMILES string of the molecule is O=C(O)C(=O)c1ccc(OCCCCc2ccncc2)cc1. The van der Waals surface area contributed by atoms with Crippen molar-refractivity contribution in [2.45, 2.75) is 19.3 Å². The van der Waals surface area contributed by atoms with Gasteiger partial charge >= 0.3 is 5.97 Å². The highest BCUT2D eigenvalue weighted by atomic mass is 16.5. The van der Waals surface area contributed by atoms with Crippen molar-refractivity contribution in [1.29, 1.82) is 0 Å². The molecule has 1 aromatic carbocycles. The van der Waals surface area contributed by atoms with Crippen molar-refractivity contribution in [3.8, 4) is 5.75 Å². The van der Waals surface area contributed by atoms with E-state index < -0.39 is 11.8 Å². The highest BCUT2D eigenvalue weighted by molar-refractivity contribution is 6.39. The molecule has 0 atom stereocenters. The third kappa shape index (κ3) is 4.70. The second-order valence-electron chi connectivity index (χ2n) is 4.82. The van der Waals surface area contributed by atoms with Gasteiger partial charge < -0.3 is 9.84 Å². The second kappa shape index (κ2) is 7.93. The van der Waals surface area contributed by atoms with Crippen molar-refractivity contribution in [1.82, 2.24) is 4.98 Å². The number of carboxylic acid groups (broad SMARTS) is 1. The summed E-state index contributed by atoms with van der Waals surface area (Å²) in [5.74, 6) is -1.74. The van der Waals surface area contributed by atoms with E-state index >= 15 is 0 Å². The molecule has 0 aliphatic carbocycles. The Morgan fingerprint density at radius 3 is 2.32 bits per heavy atom. The standard InChI is InChI=1S/C17H17NO4/c19-16(17(20)21)14-4-6-15(7-5-14)22-12-2-1-3-13-8-10-18-11-9-13/h4-11H,1-3,12H2,(H,20,21). The Labute approximate surface area is 128 Å². The van der Waals surface area contributed by atoms with Crippen LogP contribution in [-0.4, -0.2) is 28.4 Å². The minimum Gasteiger partial charge on any atom is -0.494 e. The normalized spacial score (nSPS) is 10.2. The highest BCUT2D eigenvalue weighted by Crippen LogP contribution is 2.13. The molecule has 0 saturated heterocycles. The molecule has 1 N–H and O–H groups in total. The Kier molecular flexibility index (Phi) is 5.65. The number of carbonyl (C=O) groups excluding carboxylic acids is 1. The molecule has 0 bridgehead atoms. The molecule has 2 aromatic rings. The van der Waals surface area contributed by atoms with Crippen LogP contribution < -0.4 is 4.74 Å². The number of aliphatic carboxylic acids is 1. The van der Waals surface area contributed by atoms with Crippen molar-refractivity contribution in [3.63, 3.8) is 0 Å². The lowest BCUT2D eigenvalue weighted by Gasteiger charge is -2.06. The van der Waals surface area contributed by atoms with Gasteiger partial charge in [-0.3, -0.25) is 9.78 Å². The lowest BCUT2D eigenvalue weighted by Crippen LogP contribution is -2.12. The maximum atomic E-state index is 11.2. The fourth-order valence-corrected chi connectivity index (χ4v) is 2.00. The van der Waals surface area contributed by atoms with E-state index in [0.29, 0.717) is 12.4 Å². The number of ether oxygens (including phenoxy) is 1. The van der Waals surface area contributed by atoms with Gasteiger partial charge in [-0.2, -0.15) is 0 Å². The van der Waals surface area contributed by atoms with Crippen LogP contribution in [-0.2, 0) is 11.2 Å². The lowest BCUT2D eigenvalue weighted by molar-refractivity contribution is -0.131. The fraction of sp³-hybridized carbons (Fsp3) is 0.235. The van der Waals surface area contributed by atoms with Gasteiger partial charge in [-0.15, -0.1) is 0 Å². The molecule has 0 radical (unpaired) electrons. The number of aryl methyl sites for hydroxylation is 1. The maximum absolute atomic E-state index is 11.2. The predicted octanol–water partition coefficient (Wildman–Crippen LogP) is 2.75. The third-order valence-corrected chi connectivity index (χ3v) is 3.19. The van der Waals surface area contributed by atoms with Gasteiger partial charge in [-0.05, 0) is 61.2 Å². The van der Waals surface area contributed by atoms with E-state index in [4.69, 9.17) is 9.84 Å². The Balaban J connectivity index is 1.71. The van der Waals surface area contributed by atoms with Crippen LogP contribution in [0.3, 0.4) is 0 Å². The molecule has 0 saturated carbocycles. The van der Waals surface area contributed by atoms with Gasteiger partial charge in [0.15, 0.2) is 0 Å². The predicted molar refractivity (Wildman–Crippen MR) is 81.1 cm³/mol. The quantitative estimate of drug-likeness (QED) is 0.461. The molecule has 114 valence electrons. The molecule has 0 aliphatic rings. The smallest absolute Gasteiger partial charge is 0.377 e. The number of carboxylic acids is 1. The summed E-state index contributed by atoms with van der Waals surface area (Å²) in [7, 11) is 0. The molecular formula is C17H17NO4. The van der Waals surface area contributed by atoms with Gasteiger partial charge in [-0.25, -0.2) is 4.79 Å². The molecule has 5 heteroatoms. The number of pyridine rings is 1. The van der Waals surface area contributed by atoms with Gasteiger partial charge in [0.25, 0.3) is 5.78 Å². The van der Waals surface area contributed by atoms with Crippen LogP contribution in [0, 0.1) is 0 Å². The number of aromatic nitrogens is 1. The van der Waals surface area contributed by atoms with E-state index in [0.717, 1.165) is 19.3 Å². The zero-order valence-corrected chi connectivity index (χ0v) is 12.1. The lowest BCUT2D eigenvalue weighted by atomic mass is 10.1. The van der Waals surface area contributed by atoms with E-state index in [-0.39, 0.29) is 5.56 Å². The van der Waals surface area contributed by atoms with Gasteiger partial charge in [-0.1, -0.05) is 0 Å². The molecule has 2 rings (SSSR count). The van der Waals surface area contributed by atoms with Crippen molar-refractivity contribution >= 4 is 11.8 Å². The summed E-state index contributed by atoms with van der Waals surface area (Å²) < 4.78 is 5.57. The summed E-state index contributed by atoms with van der Waals surface area (Å²) in [6, 6.07) is 10.1. The first-order chi connectivity index (χ1) is 10.7. The molecule has 0 fully saturated rings. The molecule has 0 spiro atoms. The van der Waals surface area contributed by atoms with Crippen molar-refractivity contribution in [2.24, 2.45) is 0 Å². The monoisotopic (exact) mass is 299 g/mol. The first-order valence-electron chi connectivity index (χ1n) is 7.06. The summed E-state index contributed by atoms with van der Waals surface area (Å²) in [4.78, 5) is 25.8. The number of ketones is 1. The number of carbonyl (C=O) groups is 2. The largest absolute Gasteiger partial charge is 0.494 e. The first kappa shape index (κ1) is 15.7. The van der Waals surface area contributed by atoms with Gasteiger partial charge in [0.05, 0.1) is 6.61 Å². The van der Waals surface area contributed by atoms with E-state index in [2.05, 4.69) is 4.98 Å². The van der Waals surface area contributed by atoms with Crippen LogP contribution in [0.4, 0.5) is 0 Å². The minimum absolute atomic E-state index is 0.150. The second-order valence-corrected chi connectivity index (χ2v) is 4.82. The number of benzene rings is 1. The summed E-state index contributed by atoms with van der Waals surface area (Å²) in [5, 5.41) is 8.61. The topological polar surface area (TPSA) is 76.5 Å². The number of rotatable bonds is 8. The zero-order valence-electron chi connectivity index (χ0n) is 12.1. The molecule has 22 heavy (non-hydrogen) atoms. The van der Waals surface area contributed by atoms with Crippen LogP contribution in [0.25, 0.3) is 0 Å². The Morgan fingerprint density at radius 1 is 1.00 bits per heavy atom. The summed E-state index contributed by atoms with van der Waals surface area (Å²) in [6.45, 7) is 0.581. The van der Waals surface area contributed by atoms with Gasteiger partial charge in [0, 0.05) is 18.0 Å². The average molecular weight is 299 g/mol. The molecule has 0 aliphatic heterocycles. The molecule has 5 nitrogen and oxygen atoms in total. The number of hydrogen-bond donors (Lipinski definition) is 1. The van der Waals surface area contributed by atoms with Gasteiger partial charge in [0.2, 0.25) is 0 Å². The Morgan fingerprint density at radius 2 is 1.68 bits per heavy atom. The Hall–Kier alpha value is -2.69. The van der Waals surface area contributed by atoms with Crippen LogP contribution in [0.2, 0.25) is 0 Å². The van der Waals surface area contributed by atoms with E-state index in [1.165, 1.54) is 17.7 Å². The average Bonchev–Trinajstić information content (AvgIpc) is 2.55. The fourth-order valence-electron chi connectivity index (χ4n) is 2.00. The molecule has 0 unspecified atom stereocenters. The summed E-state index contributed by atoms with van der Waals surface area (Å²) >= 11 is 0. The zero-order chi connectivity index (χ0) is 15.8. The number of unbranched alkanes of at least 4 members (excludes halogenated alkanes) is 1. The van der Waals surface area contributed by atoms with Crippen LogP contribution in [0.5, 0.6) is 5.75 Å². The van der Waals surface area contributed by atoms with Crippen molar-refractivity contribution in [3.05, 3.63) is 59.9 Å². The number of nitrogens with zero attached hydrogens (tertiary/aromatic N) is 1. The van der Waals surface area contributed by atoms with Crippen LogP contribution in [0.1, 0.15) is 28.8 Å². The molecular weight excluding hydrogens is 282 g/mol. The van der Waals surface area contributed by atoms with Gasteiger partial charge in [0.1, 0.15) is 5.75 Å². The third-order valence-electron chi connectivity index (χ3n) is 3.19. The van der Waals surface area contributed by atoms with Crippen LogP contribution in [0.15, 0.2) is 48.8 Å². The van der Waals surface area contributed by atoms with E-state index in [1.54, 1.807) is 24.5 Å². The highest BCUT2D eigenvalue weighted by Gasteiger charge is 2.13. The van der Waals surface area contributed by atoms with Crippen LogP contribution >= 0.6 is 0 Å². The van der Waals surface area contributed by atoms with Crippen molar-refractivity contribution in [2.75, 3.05) is 6.61 Å². The Bertz CT molecular complexity index is 623.